The van der Waals surface area contributed by atoms with Gasteiger partial charge in [-0.25, -0.2) is 0 Å². The van der Waals surface area contributed by atoms with Crippen LogP contribution in [0.3, 0.4) is 0 Å². The molecule has 3 heteroatoms. The van der Waals surface area contributed by atoms with Crippen LogP contribution >= 0.6 is 0 Å². The third-order valence-electron chi connectivity index (χ3n) is 5.70. The van der Waals surface area contributed by atoms with Gasteiger partial charge in [-0.1, -0.05) is 37.8 Å². The number of ether oxygens (including phenoxy) is 2. The van der Waals surface area contributed by atoms with Gasteiger partial charge >= 0.3 is 0 Å². The van der Waals surface area contributed by atoms with Crippen molar-refractivity contribution >= 4 is 0 Å². The topological polar surface area (TPSA) is 38.7 Å². The summed E-state index contributed by atoms with van der Waals surface area (Å²) < 4.78 is 12.4. The lowest BCUT2D eigenvalue weighted by molar-refractivity contribution is -0.000336. The number of rotatable bonds is 8. The van der Waals surface area contributed by atoms with Crippen molar-refractivity contribution in [2.24, 2.45) is 0 Å². The summed E-state index contributed by atoms with van der Waals surface area (Å²) in [6.45, 7) is 4.29. The maximum Gasteiger partial charge on any atom is 0.119 e. The van der Waals surface area contributed by atoms with E-state index in [4.69, 9.17) is 9.47 Å². The van der Waals surface area contributed by atoms with Gasteiger partial charge in [-0.15, -0.1) is 0 Å². The van der Waals surface area contributed by atoms with Gasteiger partial charge in [-0.05, 0) is 63.1 Å². The Bertz CT molecular complexity index is 530. The molecule has 0 spiro atoms. The van der Waals surface area contributed by atoms with E-state index in [9.17, 15) is 5.11 Å². The number of hydrogen-bond acceptors (Lipinski definition) is 3. The third kappa shape index (κ3) is 5.46. The molecule has 0 bridgehead atoms. The lowest BCUT2D eigenvalue weighted by Crippen LogP contribution is -2.22. The summed E-state index contributed by atoms with van der Waals surface area (Å²) in [5.41, 5.74) is 2.24. The molecule has 0 saturated heterocycles. The molecular weight excluding hydrogens is 312 g/mol. The molecule has 2 fully saturated rings. The molecule has 0 radical (unpaired) electrons. The summed E-state index contributed by atoms with van der Waals surface area (Å²) in [7, 11) is 0. The molecular formula is C22H34O3. The zero-order valence-electron chi connectivity index (χ0n) is 15.9. The SMILES string of the molecule is CC(Cc1cccc(O)c1CC(C)OC1CCCC1)OC1CCCC1. The van der Waals surface area contributed by atoms with Crippen molar-refractivity contribution in [3.05, 3.63) is 29.3 Å². The molecule has 2 unspecified atom stereocenters. The Kier molecular flexibility index (Phi) is 6.77. The molecule has 0 heterocycles. The first-order chi connectivity index (χ1) is 12.1. The van der Waals surface area contributed by atoms with Crippen molar-refractivity contribution in [1.29, 1.82) is 0 Å². The highest BCUT2D eigenvalue weighted by Gasteiger charge is 2.22. The molecule has 2 saturated carbocycles. The summed E-state index contributed by atoms with van der Waals surface area (Å²) >= 11 is 0. The predicted octanol–water partition coefficient (Wildman–Crippen LogP) is 5.17. The molecule has 1 aromatic carbocycles. The Balaban J connectivity index is 1.59. The average molecular weight is 347 g/mol. The van der Waals surface area contributed by atoms with E-state index in [0.717, 1.165) is 18.4 Å². The van der Waals surface area contributed by atoms with Crippen molar-refractivity contribution in [2.45, 2.75) is 102 Å². The maximum absolute atomic E-state index is 10.4. The minimum absolute atomic E-state index is 0.140. The van der Waals surface area contributed by atoms with Crippen LogP contribution in [-0.2, 0) is 22.3 Å². The van der Waals surface area contributed by atoms with E-state index in [1.807, 2.05) is 6.07 Å². The quantitative estimate of drug-likeness (QED) is 0.705. The predicted molar refractivity (Wildman–Crippen MR) is 101 cm³/mol. The van der Waals surface area contributed by atoms with Gasteiger partial charge < -0.3 is 14.6 Å². The lowest BCUT2D eigenvalue weighted by atomic mass is 9.96. The molecule has 1 aromatic rings. The van der Waals surface area contributed by atoms with E-state index < -0.39 is 0 Å². The van der Waals surface area contributed by atoms with Crippen LogP contribution in [0.15, 0.2) is 18.2 Å². The van der Waals surface area contributed by atoms with Gasteiger partial charge in [0.25, 0.3) is 0 Å². The van der Waals surface area contributed by atoms with Gasteiger partial charge in [-0.2, -0.15) is 0 Å². The largest absolute Gasteiger partial charge is 0.508 e. The van der Waals surface area contributed by atoms with Gasteiger partial charge in [0.15, 0.2) is 0 Å². The molecule has 2 aliphatic carbocycles. The van der Waals surface area contributed by atoms with Crippen molar-refractivity contribution < 1.29 is 14.6 Å². The molecule has 3 nitrogen and oxygen atoms in total. The van der Waals surface area contributed by atoms with E-state index in [1.165, 1.54) is 56.9 Å². The van der Waals surface area contributed by atoms with Crippen LogP contribution in [0.5, 0.6) is 5.75 Å². The van der Waals surface area contributed by atoms with Crippen LogP contribution < -0.4 is 0 Å². The molecule has 140 valence electrons. The number of aromatic hydroxyl groups is 1. The zero-order valence-corrected chi connectivity index (χ0v) is 15.9. The summed E-state index contributed by atoms with van der Waals surface area (Å²) in [5, 5.41) is 10.4. The molecule has 0 amide bonds. The average Bonchev–Trinajstić information content (AvgIpc) is 3.24. The number of phenolic OH excluding ortho intramolecular Hbond substituents is 1. The molecule has 2 atom stereocenters. The Hall–Kier alpha value is -1.06. The van der Waals surface area contributed by atoms with E-state index in [2.05, 4.69) is 19.9 Å². The molecule has 0 aliphatic heterocycles. The summed E-state index contributed by atoms with van der Waals surface area (Å²) in [6, 6.07) is 5.87. The van der Waals surface area contributed by atoms with E-state index in [1.54, 1.807) is 6.07 Å². The van der Waals surface area contributed by atoms with E-state index >= 15 is 0 Å². The van der Waals surface area contributed by atoms with Crippen molar-refractivity contribution in [2.75, 3.05) is 0 Å². The number of phenols is 1. The molecule has 1 N–H and O–H groups in total. The van der Waals surface area contributed by atoms with Crippen LogP contribution in [0.4, 0.5) is 0 Å². The first kappa shape index (κ1) is 18.7. The number of hydrogen-bond donors (Lipinski definition) is 1. The first-order valence-corrected chi connectivity index (χ1v) is 10.2. The minimum Gasteiger partial charge on any atom is -0.508 e. The minimum atomic E-state index is 0.140. The van der Waals surface area contributed by atoms with Crippen molar-refractivity contribution in [3.63, 3.8) is 0 Å². The van der Waals surface area contributed by atoms with Crippen molar-refractivity contribution in [3.8, 4) is 5.75 Å². The smallest absolute Gasteiger partial charge is 0.119 e. The zero-order chi connectivity index (χ0) is 17.6. The van der Waals surface area contributed by atoms with Gasteiger partial charge in [-0.3, -0.25) is 0 Å². The van der Waals surface area contributed by atoms with Crippen LogP contribution in [0.1, 0.15) is 76.3 Å². The fourth-order valence-electron chi connectivity index (χ4n) is 4.45. The Morgan fingerprint density at radius 3 is 1.96 bits per heavy atom. The van der Waals surface area contributed by atoms with Gasteiger partial charge in [0.2, 0.25) is 0 Å². The van der Waals surface area contributed by atoms with Gasteiger partial charge in [0, 0.05) is 6.42 Å². The molecule has 3 rings (SSSR count). The summed E-state index contributed by atoms with van der Waals surface area (Å²) in [6.07, 6.45) is 12.7. The van der Waals surface area contributed by atoms with E-state index in [0.29, 0.717) is 18.0 Å². The van der Waals surface area contributed by atoms with Crippen LogP contribution in [-0.4, -0.2) is 29.5 Å². The second-order valence-corrected chi connectivity index (χ2v) is 8.03. The summed E-state index contributed by atoms with van der Waals surface area (Å²) in [4.78, 5) is 0. The fourth-order valence-corrected chi connectivity index (χ4v) is 4.45. The van der Waals surface area contributed by atoms with Crippen molar-refractivity contribution in [1.82, 2.24) is 0 Å². The van der Waals surface area contributed by atoms with Crippen LogP contribution in [0.25, 0.3) is 0 Å². The molecule has 25 heavy (non-hydrogen) atoms. The molecule has 0 aromatic heterocycles. The second kappa shape index (κ2) is 9.05. The highest BCUT2D eigenvalue weighted by Crippen LogP contribution is 2.29. The first-order valence-electron chi connectivity index (χ1n) is 10.2. The normalized spacial score (nSPS) is 21.7. The van der Waals surface area contributed by atoms with Gasteiger partial charge in [0.05, 0.1) is 24.4 Å². The standard InChI is InChI=1S/C22H34O3/c1-16(24-19-9-3-4-10-19)14-18-8-7-13-22(23)21(18)15-17(2)25-20-11-5-6-12-20/h7-8,13,16-17,19-20,23H,3-6,9-12,14-15H2,1-2H3. The van der Waals surface area contributed by atoms with Crippen LogP contribution in [0.2, 0.25) is 0 Å². The van der Waals surface area contributed by atoms with E-state index in [-0.39, 0.29) is 12.2 Å². The maximum atomic E-state index is 10.4. The fraction of sp³-hybridized carbons (Fsp3) is 0.727. The van der Waals surface area contributed by atoms with Crippen LogP contribution in [0, 0.1) is 0 Å². The highest BCUT2D eigenvalue weighted by atomic mass is 16.5. The Labute approximate surface area is 152 Å². The lowest BCUT2D eigenvalue weighted by Gasteiger charge is -2.23. The number of benzene rings is 1. The molecule has 2 aliphatic rings. The Morgan fingerprint density at radius 1 is 0.880 bits per heavy atom. The summed E-state index contributed by atoms with van der Waals surface area (Å²) in [5.74, 6) is 0.396. The third-order valence-corrected chi connectivity index (χ3v) is 5.70. The highest BCUT2D eigenvalue weighted by molar-refractivity contribution is 5.40. The monoisotopic (exact) mass is 346 g/mol. The Morgan fingerprint density at radius 2 is 1.40 bits per heavy atom. The second-order valence-electron chi connectivity index (χ2n) is 8.03. The van der Waals surface area contributed by atoms with Gasteiger partial charge in [0.1, 0.15) is 5.75 Å².